The molecular formula is C30H31FN4O7. The second-order valence-corrected chi connectivity index (χ2v) is 10.1. The molecule has 0 unspecified atom stereocenters. The summed E-state index contributed by atoms with van der Waals surface area (Å²) in [5, 5.41) is 34.3. The van der Waals surface area contributed by atoms with Crippen LogP contribution in [0.5, 0.6) is 0 Å². The Bertz CT molecular complexity index is 1440. The van der Waals surface area contributed by atoms with Crippen LogP contribution in [-0.4, -0.2) is 45.7 Å². The summed E-state index contributed by atoms with van der Waals surface area (Å²) in [4.78, 5) is 48.3. The molecule has 1 saturated carbocycles. The van der Waals surface area contributed by atoms with Gasteiger partial charge in [0.2, 0.25) is 5.82 Å². The van der Waals surface area contributed by atoms with E-state index in [1.807, 2.05) is 24.3 Å². The smallest absolute Gasteiger partial charge is 0.334 e. The molecule has 220 valence electrons. The largest absolute Gasteiger partial charge is 0.479 e. The van der Waals surface area contributed by atoms with Crippen LogP contribution in [0, 0.1) is 15.9 Å². The summed E-state index contributed by atoms with van der Waals surface area (Å²) in [6, 6.07) is 16.4. The van der Waals surface area contributed by atoms with Crippen molar-refractivity contribution in [2.24, 2.45) is 0 Å². The van der Waals surface area contributed by atoms with Crippen molar-refractivity contribution < 1.29 is 33.9 Å². The molecule has 3 aromatic rings. The lowest BCUT2D eigenvalue weighted by molar-refractivity contribution is -0.387. The van der Waals surface area contributed by atoms with Crippen LogP contribution in [0.1, 0.15) is 59.5 Å². The van der Waals surface area contributed by atoms with Gasteiger partial charge in [0.15, 0.2) is 6.10 Å². The van der Waals surface area contributed by atoms with Gasteiger partial charge in [0, 0.05) is 23.0 Å². The van der Waals surface area contributed by atoms with Crippen LogP contribution in [0.3, 0.4) is 0 Å². The van der Waals surface area contributed by atoms with Gasteiger partial charge >= 0.3 is 17.7 Å². The summed E-state index contributed by atoms with van der Waals surface area (Å²) in [5.41, 5.74) is 1.91. The number of carbonyl (C=O) groups excluding carboxylic acids is 2. The molecule has 0 aliphatic heterocycles. The minimum Gasteiger partial charge on any atom is -0.479 e. The molecule has 3 amide bonds. The van der Waals surface area contributed by atoms with E-state index in [0.29, 0.717) is 17.2 Å². The first kappa shape index (κ1) is 30.1. The Hall–Kier alpha value is -4.84. The van der Waals surface area contributed by atoms with E-state index in [0.717, 1.165) is 25.0 Å². The molecule has 3 aromatic carbocycles. The maximum atomic E-state index is 13.8. The fourth-order valence-corrected chi connectivity index (χ4v) is 4.89. The number of benzene rings is 3. The number of aliphatic hydroxyl groups is 1. The van der Waals surface area contributed by atoms with Crippen molar-refractivity contribution in [3.8, 4) is 0 Å². The maximum Gasteiger partial charge on any atom is 0.334 e. The van der Waals surface area contributed by atoms with Gasteiger partial charge in [-0.2, -0.15) is 4.39 Å². The monoisotopic (exact) mass is 578 g/mol. The fraction of sp³-hybridized carbons (Fsp3) is 0.300. The van der Waals surface area contributed by atoms with E-state index in [2.05, 4.69) is 10.6 Å². The third-order valence-corrected chi connectivity index (χ3v) is 7.22. The Morgan fingerprint density at radius 1 is 1.00 bits per heavy atom. The Labute approximate surface area is 241 Å². The van der Waals surface area contributed by atoms with Crippen LogP contribution in [0.15, 0.2) is 66.7 Å². The summed E-state index contributed by atoms with van der Waals surface area (Å²) in [6.45, 7) is -0.389. The lowest BCUT2D eigenvalue weighted by Crippen LogP contribution is -2.36. The number of anilines is 2. The molecule has 0 saturated heterocycles. The van der Waals surface area contributed by atoms with Crippen LogP contribution in [-0.2, 0) is 11.3 Å². The molecule has 1 aliphatic carbocycles. The summed E-state index contributed by atoms with van der Waals surface area (Å²) in [6.07, 6.45) is 4.09. The van der Waals surface area contributed by atoms with Crippen LogP contribution in [0.4, 0.5) is 26.2 Å². The van der Waals surface area contributed by atoms with Crippen molar-refractivity contribution in [1.82, 2.24) is 5.32 Å². The highest BCUT2D eigenvalue weighted by atomic mass is 19.1. The number of nitrogens with zero attached hydrogens (tertiary/aromatic N) is 2. The topological polar surface area (TPSA) is 162 Å². The molecule has 0 heterocycles. The molecular weight excluding hydrogens is 547 g/mol. The van der Waals surface area contributed by atoms with E-state index in [-0.39, 0.29) is 17.8 Å². The van der Waals surface area contributed by atoms with Gasteiger partial charge in [0.05, 0.1) is 18.0 Å². The molecule has 1 atom stereocenters. The molecule has 1 aliphatic rings. The van der Waals surface area contributed by atoms with Crippen molar-refractivity contribution in [3.63, 3.8) is 0 Å². The summed E-state index contributed by atoms with van der Waals surface area (Å²) in [7, 11) is 0. The van der Waals surface area contributed by atoms with Gasteiger partial charge in [-0.05, 0) is 66.3 Å². The van der Waals surface area contributed by atoms with Crippen molar-refractivity contribution in [2.75, 3.05) is 16.8 Å². The average molecular weight is 579 g/mol. The number of hydrogen-bond acceptors (Lipinski definition) is 6. The number of rotatable bonds is 10. The average Bonchev–Trinajstić information content (AvgIpc) is 3.00. The van der Waals surface area contributed by atoms with Crippen LogP contribution in [0.25, 0.3) is 0 Å². The van der Waals surface area contributed by atoms with Gasteiger partial charge in [-0.3, -0.25) is 19.8 Å². The number of amides is 3. The number of nitro groups is 1. The second-order valence-electron chi connectivity index (χ2n) is 10.1. The van der Waals surface area contributed by atoms with Gasteiger partial charge in [-0.1, -0.05) is 43.5 Å². The second kappa shape index (κ2) is 13.7. The lowest BCUT2D eigenvalue weighted by Gasteiger charge is -2.25. The predicted molar refractivity (Wildman–Crippen MR) is 153 cm³/mol. The number of aliphatic hydroxyl groups excluding tert-OH is 1. The molecule has 0 bridgehead atoms. The first-order valence-electron chi connectivity index (χ1n) is 13.5. The quantitative estimate of drug-likeness (QED) is 0.190. The molecule has 42 heavy (non-hydrogen) atoms. The third kappa shape index (κ3) is 7.67. The van der Waals surface area contributed by atoms with Crippen LogP contribution < -0.4 is 15.5 Å². The minimum absolute atomic E-state index is 0.0486. The normalized spacial score (nSPS) is 14.0. The molecule has 11 nitrogen and oxygen atoms in total. The summed E-state index contributed by atoms with van der Waals surface area (Å²) in [5.74, 6) is -2.58. The number of nitro benzene ring substituents is 1. The number of carboxylic acid groups (broad SMARTS) is 1. The first-order chi connectivity index (χ1) is 20.1. The lowest BCUT2D eigenvalue weighted by atomic mass is 9.84. The molecule has 12 heteroatoms. The molecule has 0 aromatic heterocycles. The molecule has 1 fully saturated rings. The maximum absolute atomic E-state index is 13.8. The van der Waals surface area contributed by atoms with E-state index in [1.165, 1.54) is 47.9 Å². The number of urea groups is 1. The highest BCUT2D eigenvalue weighted by molar-refractivity contribution is 6.02. The molecule has 4 rings (SSSR count). The Kier molecular flexibility index (Phi) is 9.81. The fourth-order valence-electron chi connectivity index (χ4n) is 4.89. The van der Waals surface area contributed by atoms with Crippen molar-refractivity contribution in [1.29, 1.82) is 0 Å². The summed E-state index contributed by atoms with van der Waals surface area (Å²) >= 11 is 0. The Morgan fingerprint density at radius 3 is 2.29 bits per heavy atom. The first-order valence-corrected chi connectivity index (χ1v) is 13.5. The summed E-state index contributed by atoms with van der Waals surface area (Å²) < 4.78 is 13.8. The van der Waals surface area contributed by atoms with E-state index in [1.54, 1.807) is 12.1 Å². The van der Waals surface area contributed by atoms with Crippen molar-refractivity contribution in [2.45, 2.75) is 50.7 Å². The minimum atomic E-state index is -1.73. The number of halogens is 1. The van der Waals surface area contributed by atoms with Crippen molar-refractivity contribution in [3.05, 3.63) is 99.4 Å². The number of carboxylic acids is 1. The van der Waals surface area contributed by atoms with Crippen LogP contribution >= 0.6 is 0 Å². The molecule has 0 radical (unpaired) electrons. The van der Waals surface area contributed by atoms with E-state index < -0.39 is 47.0 Å². The van der Waals surface area contributed by atoms with Gasteiger partial charge in [0.1, 0.15) is 0 Å². The highest BCUT2D eigenvalue weighted by Crippen LogP contribution is 2.34. The number of aliphatic carboxylic acids is 1. The van der Waals surface area contributed by atoms with Gasteiger partial charge in [-0.15, -0.1) is 0 Å². The van der Waals surface area contributed by atoms with Gasteiger partial charge in [-0.25, -0.2) is 9.59 Å². The standard InChI is InChI=1S/C30H31FN4O7/c31-25-15-12-23(16-26(25)35(41)42)33-30(40)34(24-13-10-21(11-14-24)20-4-2-1-3-5-20)18-19-6-8-22(9-7-19)28(37)32-17-27(36)29(38)39/h6-16,20,27,36H,1-5,17-18H2,(H,32,37)(H,33,40)(H,38,39)/t27-/m1/s1. The van der Waals surface area contributed by atoms with Gasteiger partial charge < -0.3 is 20.8 Å². The molecule has 4 N–H and O–H groups in total. The molecule has 0 spiro atoms. The Balaban J connectivity index is 1.54. The third-order valence-electron chi connectivity index (χ3n) is 7.22. The number of nitrogens with one attached hydrogen (secondary N) is 2. The number of carbonyl (C=O) groups is 3. The zero-order chi connectivity index (χ0) is 30.2. The SMILES string of the molecule is O=C(NC[C@@H](O)C(=O)O)c1ccc(CN(C(=O)Nc2ccc(F)c([N+](=O)[O-])c2)c2ccc(C3CCCCC3)cc2)cc1. The highest BCUT2D eigenvalue weighted by Gasteiger charge is 2.22. The van der Waals surface area contributed by atoms with Crippen LogP contribution in [0.2, 0.25) is 0 Å². The predicted octanol–water partition coefficient (Wildman–Crippen LogP) is 5.20. The number of hydrogen-bond donors (Lipinski definition) is 4. The zero-order valence-electron chi connectivity index (χ0n) is 22.7. The van der Waals surface area contributed by atoms with E-state index in [4.69, 9.17) is 5.11 Å². The van der Waals surface area contributed by atoms with E-state index >= 15 is 0 Å². The zero-order valence-corrected chi connectivity index (χ0v) is 22.7. The van der Waals surface area contributed by atoms with E-state index in [9.17, 15) is 34.0 Å². The Morgan fingerprint density at radius 2 is 1.67 bits per heavy atom. The van der Waals surface area contributed by atoms with Crippen molar-refractivity contribution >= 4 is 35.0 Å². The van der Waals surface area contributed by atoms with Gasteiger partial charge in [0.25, 0.3) is 5.91 Å².